The van der Waals surface area contributed by atoms with Crippen molar-refractivity contribution in [1.29, 1.82) is 0 Å². The van der Waals surface area contributed by atoms with Crippen LogP contribution < -0.4 is 4.72 Å². The van der Waals surface area contributed by atoms with Crippen molar-refractivity contribution in [3.8, 4) is 22.6 Å². The molecule has 0 saturated heterocycles. The number of hydrogen-bond acceptors (Lipinski definition) is 5. The van der Waals surface area contributed by atoms with Gasteiger partial charge >= 0.3 is 0 Å². The minimum Gasteiger partial charge on any atom is -0.440 e. The zero-order valence-electron chi connectivity index (χ0n) is 22.4. The van der Waals surface area contributed by atoms with Gasteiger partial charge in [-0.2, -0.15) is 0 Å². The molecule has 0 spiro atoms. The first kappa shape index (κ1) is 26.7. The van der Waals surface area contributed by atoms with Crippen molar-refractivity contribution < 1.29 is 17.6 Å². The van der Waals surface area contributed by atoms with Crippen LogP contribution in [0, 0.1) is 5.92 Å². The molecule has 206 valence electrons. The zero-order chi connectivity index (χ0) is 28.2. The molecule has 1 heterocycles. The summed E-state index contributed by atoms with van der Waals surface area (Å²) >= 11 is 0. The van der Waals surface area contributed by atoms with Crippen molar-refractivity contribution in [2.24, 2.45) is 5.92 Å². The number of carbonyl (C=O) groups is 1. The largest absolute Gasteiger partial charge is 0.440 e. The fraction of sp³-hybridized carbons (Fsp3) is 0.176. The molecule has 0 unspecified atom stereocenters. The summed E-state index contributed by atoms with van der Waals surface area (Å²) < 4.78 is 34.0. The number of carbonyl (C=O) groups excluding carboxylic acids is 1. The molecule has 4 aromatic carbocycles. The topological polar surface area (TPSA) is 89.3 Å². The number of benzene rings is 4. The van der Waals surface area contributed by atoms with E-state index in [2.05, 4.69) is 16.9 Å². The second-order valence-corrected chi connectivity index (χ2v) is 12.1. The highest BCUT2D eigenvalue weighted by atomic mass is 32.2. The molecule has 2 atom stereocenters. The van der Waals surface area contributed by atoms with Gasteiger partial charge in [-0.25, -0.2) is 18.1 Å². The number of nitrogens with one attached hydrogen (secondary N) is 1. The molecule has 0 bridgehead atoms. The standard InChI is InChI=1S/C34H30N2O4S/c37-33(36-41(38,39)29-19-8-3-9-20-29)28-18-10-12-24(23-28)22-27-17-11-21-30(27)34-35-31(25-13-4-1-5-14-25)32(40-34)26-15-6-2-7-16-26/h1-10,12-16,18-20,23,27,30H,11,17,21-22H2,(H,36,37)/t27-,30+/m0/s1. The maximum Gasteiger partial charge on any atom is 0.265 e. The number of hydrogen-bond donors (Lipinski definition) is 1. The Morgan fingerprint density at radius 3 is 2.17 bits per heavy atom. The van der Waals surface area contributed by atoms with Gasteiger partial charge in [0.2, 0.25) is 0 Å². The lowest BCUT2D eigenvalue weighted by molar-refractivity contribution is 0.0981. The van der Waals surface area contributed by atoms with Crippen molar-refractivity contribution in [3.63, 3.8) is 0 Å². The summed E-state index contributed by atoms with van der Waals surface area (Å²) in [4.78, 5) is 18.0. The van der Waals surface area contributed by atoms with Crippen LogP contribution in [-0.2, 0) is 16.4 Å². The lowest BCUT2D eigenvalue weighted by atomic mass is 9.89. The summed E-state index contributed by atoms with van der Waals surface area (Å²) in [5.41, 5.74) is 4.13. The predicted molar refractivity (Wildman–Crippen MR) is 159 cm³/mol. The van der Waals surface area contributed by atoms with Gasteiger partial charge in [-0.1, -0.05) is 97.4 Å². The van der Waals surface area contributed by atoms with Gasteiger partial charge in [0.1, 0.15) is 5.69 Å². The first-order valence-corrected chi connectivity index (χ1v) is 15.3. The molecule has 7 heteroatoms. The molecule has 1 N–H and O–H groups in total. The van der Waals surface area contributed by atoms with Gasteiger partial charge in [0.15, 0.2) is 11.7 Å². The van der Waals surface area contributed by atoms with Crippen LogP contribution in [0.5, 0.6) is 0 Å². The lowest BCUT2D eigenvalue weighted by Crippen LogP contribution is -2.30. The maximum absolute atomic E-state index is 12.9. The Morgan fingerprint density at radius 1 is 0.805 bits per heavy atom. The number of nitrogens with zero attached hydrogens (tertiary/aromatic N) is 1. The van der Waals surface area contributed by atoms with Crippen LogP contribution in [-0.4, -0.2) is 19.3 Å². The Morgan fingerprint density at radius 2 is 1.46 bits per heavy atom. The normalized spacial score (nSPS) is 16.9. The molecule has 6 rings (SSSR count). The van der Waals surface area contributed by atoms with Gasteiger partial charge in [0.25, 0.3) is 15.9 Å². The van der Waals surface area contributed by atoms with E-state index >= 15 is 0 Å². The second-order valence-electron chi connectivity index (χ2n) is 10.4. The predicted octanol–water partition coefficient (Wildman–Crippen LogP) is 7.25. The van der Waals surface area contributed by atoms with E-state index in [1.165, 1.54) is 12.1 Å². The number of aromatic nitrogens is 1. The Balaban J connectivity index is 1.24. The first-order chi connectivity index (χ1) is 20.0. The Bertz CT molecular complexity index is 1690. The number of oxazole rings is 1. The van der Waals surface area contributed by atoms with Crippen molar-refractivity contribution >= 4 is 15.9 Å². The Kier molecular flexibility index (Phi) is 7.53. The molecule has 5 aromatic rings. The summed E-state index contributed by atoms with van der Waals surface area (Å²) in [6, 6.07) is 35.3. The zero-order valence-corrected chi connectivity index (χ0v) is 23.3. The summed E-state index contributed by atoms with van der Waals surface area (Å²) in [5.74, 6) is 1.30. The van der Waals surface area contributed by atoms with Crippen molar-refractivity contribution in [2.45, 2.75) is 36.5 Å². The fourth-order valence-electron chi connectivity index (χ4n) is 5.66. The van der Waals surface area contributed by atoms with Gasteiger partial charge in [0, 0.05) is 22.6 Å². The van der Waals surface area contributed by atoms with Gasteiger partial charge in [-0.3, -0.25) is 4.79 Å². The van der Waals surface area contributed by atoms with Crippen molar-refractivity contribution in [1.82, 2.24) is 9.71 Å². The number of amides is 1. The molecule has 0 aliphatic heterocycles. The number of rotatable bonds is 8. The Labute approximate surface area is 240 Å². The van der Waals surface area contributed by atoms with E-state index < -0.39 is 15.9 Å². The molecule has 0 radical (unpaired) electrons. The molecule has 41 heavy (non-hydrogen) atoms. The van der Waals surface area contributed by atoms with Gasteiger partial charge in [-0.15, -0.1) is 0 Å². The van der Waals surface area contributed by atoms with Crippen LogP contribution in [0.3, 0.4) is 0 Å². The fourth-order valence-corrected chi connectivity index (χ4v) is 6.66. The molecule has 6 nitrogen and oxygen atoms in total. The number of sulfonamides is 1. The second kappa shape index (κ2) is 11.6. The van der Waals surface area contributed by atoms with E-state index in [1.54, 1.807) is 36.4 Å². The molecule has 1 saturated carbocycles. The van der Waals surface area contributed by atoms with Crippen molar-refractivity contribution in [3.05, 3.63) is 132 Å². The smallest absolute Gasteiger partial charge is 0.265 e. The summed E-state index contributed by atoms with van der Waals surface area (Å²) in [6.45, 7) is 0. The van der Waals surface area contributed by atoms with Gasteiger partial charge < -0.3 is 4.42 Å². The molecule has 1 fully saturated rings. The van der Waals surface area contributed by atoms with Crippen LogP contribution in [0.1, 0.15) is 47.0 Å². The quantitative estimate of drug-likeness (QED) is 0.215. The van der Waals surface area contributed by atoms with Gasteiger partial charge in [-0.05, 0) is 55.0 Å². The summed E-state index contributed by atoms with van der Waals surface area (Å²) in [7, 11) is -3.96. The van der Waals surface area contributed by atoms with E-state index in [0.29, 0.717) is 5.56 Å². The van der Waals surface area contributed by atoms with Gasteiger partial charge in [0.05, 0.1) is 4.90 Å². The van der Waals surface area contributed by atoms with Crippen LogP contribution in [0.2, 0.25) is 0 Å². The molecule has 1 aliphatic carbocycles. The monoisotopic (exact) mass is 562 g/mol. The maximum atomic E-state index is 12.9. The van der Waals surface area contributed by atoms with Crippen LogP contribution >= 0.6 is 0 Å². The highest BCUT2D eigenvalue weighted by Gasteiger charge is 2.34. The van der Waals surface area contributed by atoms with Crippen LogP contribution in [0.15, 0.2) is 125 Å². The average Bonchev–Trinajstić information content (AvgIpc) is 3.66. The Hall–Kier alpha value is -4.49. The lowest BCUT2D eigenvalue weighted by Gasteiger charge is -2.17. The van der Waals surface area contributed by atoms with E-state index in [1.807, 2.05) is 54.6 Å². The third-order valence-corrected chi connectivity index (χ3v) is 9.02. The molecular weight excluding hydrogens is 532 g/mol. The third-order valence-electron chi connectivity index (χ3n) is 7.67. The summed E-state index contributed by atoms with van der Waals surface area (Å²) in [6.07, 6.45) is 3.80. The summed E-state index contributed by atoms with van der Waals surface area (Å²) in [5, 5.41) is 0. The van der Waals surface area contributed by atoms with E-state index in [-0.39, 0.29) is 16.7 Å². The SMILES string of the molecule is O=C(NS(=O)(=O)c1ccccc1)c1cccc(C[C@@H]2CCC[C@H]2c2nc(-c3ccccc3)c(-c3ccccc3)o2)c1. The van der Waals surface area contributed by atoms with Crippen molar-refractivity contribution in [2.75, 3.05) is 0 Å². The molecule has 1 aliphatic rings. The van der Waals surface area contributed by atoms with E-state index in [0.717, 1.165) is 59.7 Å². The average molecular weight is 563 g/mol. The van der Waals surface area contributed by atoms with Crippen LogP contribution in [0.25, 0.3) is 22.6 Å². The molecule has 1 aromatic heterocycles. The molecular formula is C34H30N2O4S. The third kappa shape index (κ3) is 5.86. The van der Waals surface area contributed by atoms with Crippen LogP contribution in [0.4, 0.5) is 0 Å². The van der Waals surface area contributed by atoms with E-state index in [4.69, 9.17) is 9.40 Å². The first-order valence-electron chi connectivity index (χ1n) is 13.8. The minimum absolute atomic E-state index is 0.0500. The highest BCUT2D eigenvalue weighted by Crippen LogP contribution is 2.44. The molecule has 1 amide bonds. The highest BCUT2D eigenvalue weighted by molar-refractivity contribution is 7.90. The minimum atomic E-state index is -3.96. The van der Waals surface area contributed by atoms with E-state index in [9.17, 15) is 13.2 Å².